The van der Waals surface area contributed by atoms with Gasteiger partial charge in [0.25, 0.3) is 21.8 Å². The van der Waals surface area contributed by atoms with Crippen molar-refractivity contribution in [2.75, 3.05) is 21.5 Å². The minimum Gasteiger partial charge on any atom is -0.462 e. The quantitative estimate of drug-likeness (QED) is 0.307. The van der Waals surface area contributed by atoms with Gasteiger partial charge in [0.2, 0.25) is 5.95 Å². The van der Waals surface area contributed by atoms with Crippen molar-refractivity contribution in [2.45, 2.75) is 18.2 Å². The van der Waals surface area contributed by atoms with Crippen LogP contribution < -0.4 is 14.9 Å². The smallest absolute Gasteiger partial charge is 0.338 e. The second-order valence-electron chi connectivity index (χ2n) is 7.64. The molecule has 2 N–H and O–H groups in total. The Hall–Kier alpha value is -4.29. The van der Waals surface area contributed by atoms with Crippen LogP contribution in [-0.4, -0.2) is 42.8 Å². The molecule has 4 rings (SSSR count). The van der Waals surface area contributed by atoms with Crippen molar-refractivity contribution in [1.82, 2.24) is 9.97 Å². The molecule has 0 saturated carbocycles. The molecular formula is C24H20ClN5O6S. The number of hydrogen-bond acceptors (Lipinski definition) is 9. The van der Waals surface area contributed by atoms with Crippen LogP contribution in [-0.2, 0) is 24.3 Å². The van der Waals surface area contributed by atoms with Gasteiger partial charge in [0.05, 0.1) is 22.8 Å². The van der Waals surface area contributed by atoms with Gasteiger partial charge >= 0.3 is 5.97 Å². The molecule has 0 spiro atoms. The summed E-state index contributed by atoms with van der Waals surface area (Å²) in [5, 5.41) is 2.44. The first kappa shape index (κ1) is 25.8. The normalized spacial score (nSPS) is 13.6. The maximum absolute atomic E-state index is 13.0. The van der Waals surface area contributed by atoms with Crippen molar-refractivity contribution in [3.8, 4) is 0 Å². The Morgan fingerprint density at radius 2 is 1.65 bits per heavy atom. The van der Waals surface area contributed by atoms with E-state index in [1.807, 2.05) is 6.92 Å². The number of nitrogens with one attached hydrogen (secondary N) is 2. The van der Waals surface area contributed by atoms with Crippen LogP contribution in [0.4, 0.5) is 17.3 Å². The SMILES string of the molecule is CCCOC(=O)c1ccc(N2C(=O)C(Cl)=C(Nc3ccc(S(=O)(=O)Nc4ncccn4)cc3)C2=O)cc1. The number of halogens is 1. The average molecular weight is 542 g/mol. The minimum atomic E-state index is -3.95. The first-order chi connectivity index (χ1) is 17.7. The number of hydrogen-bond donors (Lipinski definition) is 2. The average Bonchev–Trinajstić information content (AvgIpc) is 3.11. The number of ether oxygens (including phenoxy) is 1. The van der Waals surface area contributed by atoms with E-state index in [4.69, 9.17) is 16.3 Å². The summed E-state index contributed by atoms with van der Waals surface area (Å²) in [7, 11) is -3.95. The third-order valence-electron chi connectivity index (χ3n) is 5.05. The van der Waals surface area contributed by atoms with E-state index in [-0.39, 0.29) is 39.4 Å². The molecule has 0 atom stereocenters. The van der Waals surface area contributed by atoms with E-state index in [2.05, 4.69) is 20.0 Å². The van der Waals surface area contributed by atoms with E-state index < -0.39 is 27.8 Å². The topological polar surface area (TPSA) is 148 Å². The summed E-state index contributed by atoms with van der Waals surface area (Å²) in [5.74, 6) is -2.05. The van der Waals surface area contributed by atoms with Crippen LogP contribution in [0.3, 0.4) is 0 Å². The maximum Gasteiger partial charge on any atom is 0.338 e. The number of rotatable bonds is 9. The largest absolute Gasteiger partial charge is 0.462 e. The fourth-order valence-corrected chi connectivity index (χ4v) is 4.43. The molecule has 1 aliphatic heterocycles. The van der Waals surface area contributed by atoms with Crippen molar-refractivity contribution in [2.24, 2.45) is 0 Å². The van der Waals surface area contributed by atoms with Gasteiger partial charge in [-0.15, -0.1) is 0 Å². The van der Waals surface area contributed by atoms with E-state index in [1.54, 1.807) is 6.07 Å². The van der Waals surface area contributed by atoms with Crippen LogP contribution in [0.25, 0.3) is 0 Å². The van der Waals surface area contributed by atoms with E-state index in [9.17, 15) is 22.8 Å². The zero-order valence-corrected chi connectivity index (χ0v) is 20.9. The summed E-state index contributed by atoms with van der Waals surface area (Å²) in [6.07, 6.45) is 3.47. The van der Waals surface area contributed by atoms with Gasteiger partial charge in [0, 0.05) is 18.1 Å². The number of anilines is 3. The lowest BCUT2D eigenvalue weighted by molar-refractivity contribution is -0.120. The van der Waals surface area contributed by atoms with Gasteiger partial charge in [-0.05, 0) is 61.0 Å². The number of carbonyl (C=O) groups excluding carboxylic acids is 3. The fourth-order valence-electron chi connectivity index (χ4n) is 3.26. The molecule has 0 radical (unpaired) electrons. The van der Waals surface area contributed by atoms with Gasteiger partial charge in [-0.3, -0.25) is 9.59 Å². The molecule has 0 fully saturated rings. The summed E-state index contributed by atoms with van der Waals surface area (Å²) in [6.45, 7) is 2.15. The van der Waals surface area contributed by atoms with Gasteiger partial charge in [-0.25, -0.2) is 32.8 Å². The van der Waals surface area contributed by atoms with Crippen molar-refractivity contribution in [1.29, 1.82) is 0 Å². The standard InChI is InChI=1S/C24H20ClN5O6S/c1-2-14-36-23(33)15-4-8-17(9-5-15)30-21(31)19(25)20(22(30)32)28-16-6-10-18(11-7-16)37(34,35)29-24-26-12-3-13-27-24/h3-13,28H,2,14H2,1H3,(H,26,27,29). The molecule has 11 nitrogen and oxygen atoms in total. The molecule has 37 heavy (non-hydrogen) atoms. The maximum atomic E-state index is 13.0. The lowest BCUT2D eigenvalue weighted by atomic mass is 10.2. The summed E-state index contributed by atoms with van der Waals surface area (Å²) in [6, 6.07) is 12.7. The van der Waals surface area contributed by atoms with Gasteiger partial charge in [-0.1, -0.05) is 18.5 Å². The molecule has 0 unspecified atom stereocenters. The van der Waals surface area contributed by atoms with Crippen LogP contribution in [0.15, 0.2) is 82.6 Å². The van der Waals surface area contributed by atoms with Crippen molar-refractivity contribution < 1.29 is 27.5 Å². The highest BCUT2D eigenvalue weighted by Crippen LogP contribution is 2.30. The lowest BCUT2D eigenvalue weighted by Gasteiger charge is -2.15. The van der Waals surface area contributed by atoms with Crippen LogP contribution in [0, 0.1) is 0 Å². The number of aromatic nitrogens is 2. The molecule has 3 aromatic rings. The van der Waals surface area contributed by atoms with Gasteiger partial charge in [-0.2, -0.15) is 0 Å². The third kappa shape index (κ3) is 5.60. The van der Waals surface area contributed by atoms with Crippen LogP contribution in [0.1, 0.15) is 23.7 Å². The minimum absolute atomic E-state index is 0.0708. The van der Waals surface area contributed by atoms with Crippen LogP contribution >= 0.6 is 11.6 Å². The number of carbonyl (C=O) groups is 3. The monoisotopic (exact) mass is 541 g/mol. The van der Waals surface area contributed by atoms with Gasteiger partial charge in [0.1, 0.15) is 10.7 Å². The number of nitrogens with zero attached hydrogens (tertiary/aromatic N) is 3. The first-order valence-electron chi connectivity index (χ1n) is 10.9. The van der Waals surface area contributed by atoms with Crippen LogP contribution in [0.2, 0.25) is 0 Å². The molecular weight excluding hydrogens is 522 g/mol. The summed E-state index contributed by atoms with van der Waals surface area (Å²) < 4.78 is 32.4. The zero-order valence-electron chi connectivity index (χ0n) is 19.3. The Bertz CT molecular complexity index is 1480. The highest BCUT2D eigenvalue weighted by atomic mass is 35.5. The Balaban J connectivity index is 1.47. The molecule has 190 valence electrons. The Kier molecular flexibility index (Phi) is 7.50. The number of esters is 1. The first-order valence-corrected chi connectivity index (χ1v) is 12.8. The van der Waals surface area contributed by atoms with E-state index >= 15 is 0 Å². The second kappa shape index (κ2) is 10.8. The number of benzene rings is 2. The predicted octanol–water partition coefficient (Wildman–Crippen LogP) is 3.28. The molecule has 0 saturated heterocycles. The van der Waals surface area contributed by atoms with E-state index in [1.165, 1.54) is 60.9 Å². The summed E-state index contributed by atoms with van der Waals surface area (Å²) in [5.41, 5.74) is 0.634. The van der Waals surface area contributed by atoms with E-state index in [0.29, 0.717) is 12.1 Å². The third-order valence-corrected chi connectivity index (χ3v) is 6.75. The molecule has 13 heteroatoms. The van der Waals surface area contributed by atoms with Crippen molar-refractivity contribution in [3.63, 3.8) is 0 Å². The van der Waals surface area contributed by atoms with Crippen molar-refractivity contribution in [3.05, 3.63) is 83.3 Å². The zero-order chi connectivity index (χ0) is 26.6. The Labute approximate surface area is 217 Å². The van der Waals surface area contributed by atoms with Crippen molar-refractivity contribution >= 4 is 56.7 Å². The summed E-state index contributed by atoms with van der Waals surface area (Å²) >= 11 is 6.16. The van der Waals surface area contributed by atoms with Gasteiger partial charge < -0.3 is 10.1 Å². The molecule has 1 aliphatic rings. The highest BCUT2D eigenvalue weighted by molar-refractivity contribution is 7.92. The fraction of sp³-hybridized carbons (Fsp3) is 0.125. The second-order valence-corrected chi connectivity index (χ2v) is 9.71. The molecule has 2 amide bonds. The molecule has 1 aromatic heterocycles. The van der Waals surface area contributed by atoms with Gasteiger partial charge in [0.15, 0.2) is 0 Å². The lowest BCUT2D eigenvalue weighted by Crippen LogP contribution is -2.32. The predicted molar refractivity (Wildman–Crippen MR) is 135 cm³/mol. The highest BCUT2D eigenvalue weighted by Gasteiger charge is 2.39. The number of imide groups is 1. The molecule has 0 aliphatic carbocycles. The molecule has 2 heterocycles. The Morgan fingerprint density at radius 3 is 2.27 bits per heavy atom. The number of sulfonamides is 1. The van der Waals surface area contributed by atoms with Crippen LogP contribution in [0.5, 0.6) is 0 Å². The summed E-state index contributed by atoms with van der Waals surface area (Å²) in [4.78, 5) is 46.2. The number of amides is 2. The van der Waals surface area contributed by atoms with E-state index in [0.717, 1.165) is 4.90 Å². The Morgan fingerprint density at radius 1 is 1.00 bits per heavy atom. The molecule has 0 bridgehead atoms. The molecule has 2 aromatic carbocycles.